The number of hydrogen-bond acceptors (Lipinski definition) is 7. The average Bonchev–Trinajstić information content (AvgIpc) is 3.44. The average molecular weight is 450 g/mol. The smallest absolute Gasteiger partial charge is 0.234 e. The topological polar surface area (TPSA) is 95.1 Å². The molecule has 0 spiro atoms. The molecule has 0 atom stereocenters. The molecule has 0 saturated heterocycles. The maximum Gasteiger partial charge on any atom is 0.234 e. The van der Waals surface area contributed by atoms with Gasteiger partial charge < -0.3 is 19.1 Å². The highest BCUT2D eigenvalue weighted by Gasteiger charge is 2.29. The number of ether oxygens (including phenoxy) is 1. The molecule has 1 N–H and O–H groups in total. The molecule has 1 fully saturated rings. The number of anilines is 1. The van der Waals surface area contributed by atoms with E-state index in [1.807, 2.05) is 36.4 Å². The number of thioether (sulfide) groups is 1. The number of nitrogens with one attached hydrogen (secondary N) is 1. The highest BCUT2D eigenvalue weighted by atomic mass is 32.2. The van der Waals surface area contributed by atoms with E-state index in [0.29, 0.717) is 29.1 Å². The highest BCUT2D eigenvalue weighted by Crippen LogP contribution is 2.38. The molecule has 1 aliphatic carbocycles. The molecule has 0 bridgehead atoms. The van der Waals surface area contributed by atoms with Gasteiger partial charge in [0.25, 0.3) is 0 Å². The molecule has 2 aromatic carbocycles. The van der Waals surface area contributed by atoms with Crippen molar-refractivity contribution in [2.75, 3.05) is 11.1 Å². The van der Waals surface area contributed by atoms with E-state index < -0.39 is 0 Å². The second-order valence-corrected chi connectivity index (χ2v) is 8.54. The van der Waals surface area contributed by atoms with Gasteiger partial charge in [0.05, 0.1) is 16.8 Å². The zero-order chi connectivity index (χ0) is 21.9. The Morgan fingerprint density at radius 2 is 2.00 bits per heavy atom. The fourth-order valence-electron chi connectivity index (χ4n) is 3.40. The van der Waals surface area contributed by atoms with Crippen molar-refractivity contribution in [2.45, 2.75) is 44.0 Å². The summed E-state index contributed by atoms with van der Waals surface area (Å²) in [6, 6.07) is 15.2. The summed E-state index contributed by atoms with van der Waals surface area (Å²) in [5.41, 5.74) is 2.73. The van der Waals surface area contributed by atoms with E-state index in [9.17, 15) is 4.79 Å². The van der Waals surface area contributed by atoms with Crippen LogP contribution in [0.3, 0.4) is 0 Å². The summed E-state index contributed by atoms with van der Waals surface area (Å²) in [6.07, 6.45) is 2.24. The molecule has 9 heteroatoms. The number of para-hydroxylation sites is 2. The number of fused-ring (bicyclic) bond motifs is 1. The summed E-state index contributed by atoms with van der Waals surface area (Å²) < 4.78 is 13.1. The minimum atomic E-state index is -0.0854. The minimum absolute atomic E-state index is 0.0854. The zero-order valence-electron chi connectivity index (χ0n) is 17.7. The van der Waals surface area contributed by atoms with E-state index in [-0.39, 0.29) is 18.3 Å². The van der Waals surface area contributed by atoms with Gasteiger partial charge in [-0.3, -0.25) is 4.79 Å². The molecule has 2 heterocycles. The lowest BCUT2D eigenvalue weighted by atomic mass is 10.3. The largest absolute Gasteiger partial charge is 0.485 e. The van der Waals surface area contributed by atoms with E-state index in [4.69, 9.17) is 9.26 Å². The van der Waals surface area contributed by atoms with Gasteiger partial charge in [-0.25, -0.2) is 4.98 Å². The highest BCUT2D eigenvalue weighted by molar-refractivity contribution is 7.99. The molecule has 1 aliphatic rings. The van der Waals surface area contributed by atoms with Crippen molar-refractivity contribution in [2.24, 2.45) is 0 Å². The Kier molecular flexibility index (Phi) is 5.81. The Morgan fingerprint density at radius 3 is 2.78 bits per heavy atom. The Balaban J connectivity index is 1.13. The SMILES string of the molecule is CCn1c(SCC(=O)Nc2ccc(OCc3noc(C4CC4)n3)cc2)nc2ccccc21. The number of carbonyl (C=O) groups excluding carboxylic acids is 1. The van der Waals surface area contributed by atoms with E-state index >= 15 is 0 Å². The van der Waals surface area contributed by atoms with Gasteiger partial charge in [0, 0.05) is 18.2 Å². The van der Waals surface area contributed by atoms with Crippen LogP contribution in [-0.4, -0.2) is 31.4 Å². The van der Waals surface area contributed by atoms with Gasteiger partial charge in [-0.15, -0.1) is 0 Å². The van der Waals surface area contributed by atoms with E-state index in [1.165, 1.54) is 11.8 Å². The molecule has 32 heavy (non-hydrogen) atoms. The monoisotopic (exact) mass is 449 g/mol. The van der Waals surface area contributed by atoms with E-state index in [1.54, 1.807) is 12.1 Å². The molecule has 2 aromatic heterocycles. The first kappa shape index (κ1) is 20.6. The fourth-order valence-corrected chi connectivity index (χ4v) is 4.28. The molecule has 8 nitrogen and oxygen atoms in total. The first-order valence-corrected chi connectivity index (χ1v) is 11.6. The van der Waals surface area contributed by atoms with Crippen molar-refractivity contribution < 1.29 is 14.1 Å². The summed E-state index contributed by atoms with van der Waals surface area (Å²) in [5, 5.41) is 7.71. The second kappa shape index (κ2) is 9.04. The summed E-state index contributed by atoms with van der Waals surface area (Å²) >= 11 is 1.43. The summed E-state index contributed by atoms with van der Waals surface area (Å²) in [4.78, 5) is 21.4. The van der Waals surface area contributed by atoms with Crippen LogP contribution in [0.4, 0.5) is 5.69 Å². The number of aromatic nitrogens is 4. The van der Waals surface area contributed by atoms with Crippen LogP contribution in [0.1, 0.15) is 37.4 Å². The van der Waals surface area contributed by atoms with Gasteiger partial charge in [-0.05, 0) is 56.2 Å². The molecule has 0 unspecified atom stereocenters. The van der Waals surface area contributed by atoms with Gasteiger partial charge in [0.2, 0.25) is 17.6 Å². The molecule has 1 amide bonds. The Labute approximate surface area is 189 Å². The van der Waals surface area contributed by atoms with Gasteiger partial charge in [0.1, 0.15) is 5.75 Å². The molecular weight excluding hydrogens is 426 g/mol. The first-order valence-electron chi connectivity index (χ1n) is 10.6. The fraction of sp³-hybridized carbons (Fsp3) is 0.304. The first-order chi connectivity index (χ1) is 15.7. The molecular formula is C23H23N5O3S. The molecule has 0 aliphatic heterocycles. The summed E-state index contributed by atoms with van der Waals surface area (Å²) in [6.45, 7) is 3.13. The van der Waals surface area contributed by atoms with Crippen LogP contribution >= 0.6 is 11.8 Å². The second-order valence-electron chi connectivity index (χ2n) is 7.60. The van der Waals surface area contributed by atoms with Crippen LogP contribution in [0.25, 0.3) is 11.0 Å². The standard InChI is InChI=1S/C23H23N5O3S/c1-2-28-19-6-4-3-5-18(19)25-23(28)32-14-21(29)24-16-9-11-17(12-10-16)30-13-20-26-22(31-27-20)15-7-8-15/h3-6,9-12,15H,2,7-8,13-14H2,1H3,(H,24,29). The Morgan fingerprint density at radius 1 is 1.19 bits per heavy atom. The number of benzene rings is 2. The van der Waals surface area contributed by atoms with E-state index in [0.717, 1.165) is 35.6 Å². The van der Waals surface area contributed by atoms with Gasteiger partial charge in [-0.1, -0.05) is 29.1 Å². The number of imidazole rings is 1. The number of carbonyl (C=O) groups is 1. The normalized spacial score (nSPS) is 13.4. The lowest BCUT2D eigenvalue weighted by Crippen LogP contribution is -2.14. The quantitative estimate of drug-likeness (QED) is 0.372. The van der Waals surface area contributed by atoms with Crippen LogP contribution in [-0.2, 0) is 17.9 Å². The van der Waals surface area contributed by atoms with Crippen LogP contribution in [0.15, 0.2) is 58.2 Å². The third-order valence-corrected chi connectivity index (χ3v) is 6.16. The molecule has 0 radical (unpaired) electrons. The van der Waals surface area contributed by atoms with Crippen molar-refractivity contribution in [1.29, 1.82) is 0 Å². The Hall–Kier alpha value is -3.33. The Bertz CT molecular complexity index is 1230. The number of nitrogens with zero attached hydrogens (tertiary/aromatic N) is 4. The predicted molar refractivity (Wildman–Crippen MR) is 122 cm³/mol. The van der Waals surface area contributed by atoms with Crippen molar-refractivity contribution in [1.82, 2.24) is 19.7 Å². The van der Waals surface area contributed by atoms with Gasteiger partial charge >= 0.3 is 0 Å². The summed E-state index contributed by atoms with van der Waals surface area (Å²) in [5.74, 6) is 2.54. The van der Waals surface area contributed by atoms with Crippen LogP contribution in [0.2, 0.25) is 0 Å². The van der Waals surface area contributed by atoms with Crippen molar-refractivity contribution in [3.8, 4) is 5.75 Å². The summed E-state index contributed by atoms with van der Waals surface area (Å²) in [7, 11) is 0. The zero-order valence-corrected chi connectivity index (χ0v) is 18.5. The van der Waals surface area contributed by atoms with Crippen molar-refractivity contribution in [3.63, 3.8) is 0 Å². The van der Waals surface area contributed by atoms with Crippen molar-refractivity contribution in [3.05, 3.63) is 60.2 Å². The lowest BCUT2D eigenvalue weighted by Gasteiger charge is -2.08. The van der Waals surface area contributed by atoms with E-state index in [2.05, 4.69) is 31.9 Å². The van der Waals surface area contributed by atoms with Gasteiger partial charge in [0.15, 0.2) is 11.8 Å². The number of hydrogen-bond donors (Lipinski definition) is 1. The number of amides is 1. The third-order valence-electron chi connectivity index (χ3n) is 5.18. The lowest BCUT2D eigenvalue weighted by molar-refractivity contribution is -0.113. The molecule has 1 saturated carbocycles. The third kappa shape index (κ3) is 4.62. The van der Waals surface area contributed by atoms with Crippen LogP contribution < -0.4 is 10.1 Å². The minimum Gasteiger partial charge on any atom is -0.485 e. The van der Waals surface area contributed by atoms with Gasteiger partial charge in [-0.2, -0.15) is 4.98 Å². The molecule has 164 valence electrons. The maximum absolute atomic E-state index is 12.4. The molecule has 4 aromatic rings. The number of rotatable bonds is 9. The number of aryl methyl sites for hydroxylation is 1. The van der Waals surface area contributed by atoms with Crippen LogP contribution in [0, 0.1) is 0 Å². The van der Waals surface area contributed by atoms with Crippen LogP contribution in [0.5, 0.6) is 5.75 Å². The van der Waals surface area contributed by atoms with Crippen molar-refractivity contribution >= 4 is 34.4 Å². The predicted octanol–water partition coefficient (Wildman–Crippen LogP) is 4.63. The molecule has 5 rings (SSSR count). The maximum atomic E-state index is 12.4.